The maximum absolute atomic E-state index is 12.3. The summed E-state index contributed by atoms with van der Waals surface area (Å²) in [6.07, 6.45) is 6.26. The molecule has 6 heteroatoms. The van der Waals surface area contributed by atoms with Gasteiger partial charge in [-0.05, 0) is 39.2 Å². The van der Waals surface area contributed by atoms with E-state index in [1.165, 1.54) is 0 Å². The van der Waals surface area contributed by atoms with Crippen molar-refractivity contribution in [1.82, 2.24) is 15.3 Å². The highest BCUT2D eigenvalue weighted by Gasteiger charge is 2.40. The summed E-state index contributed by atoms with van der Waals surface area (Å²) in [5.41, 5.74) is -0.628. The van der Waals surface area contributed by atoms with E-state index in [4.69, 9.17) is 4.74 Å². The maximum atomic E-state index is 12.3. The number of carbonyl (C=O) groups is 1. The van der Waals surface area contributed by atoms with E-state index in [0.29, 0.717) is 19.1 Å². The molecule has 1 N–H and O–H groups in total. The zero-order valence-electron chi connectivity index (χ0n) is 12.8. The molecule has 1 saturated carbocycles. The summed E-state index contributed by atoms with van der Waals surface area (Å²) in [4.78, 5) is 20.4. The van der Waals surface area contributed by atoms with Crippen LogP contribution >= 0.6 is 11.8 Å². The number of thioether (sulfide) groups is 1. The summed E-state index contributed by atoms with van der Waals surface area (Å²) in [6.45, 7) is 6.31. The molecule has 2 unspecified atom stereocenters. The molecule has 1 aliphatic rings. The lowest BCUT2D eigenvalue weighted by molar-refractivity contribution is -0.150. The fourth-order valence-corrected chi connectivity index (χ4v) is 3.42. The van der Waals surface area contributed by atoms with Crippen molar-refractivity contribution in [2.45, 2.75) is 61.9 Å². The second-order valence-electron chi connectivity index (χ2n) is 5.65. The molecule has 1 aromatic heterocycles. The summed E-state index contributed by atoms with van der Waals surface area (Å²) < 4.78 is 5.25. The van der Waals surface area contributed by atoms with Gasteiger partial charge in [-0.1, -0.05) is 6.92 Å². The first-order valence-corrected chi connectivity index (χ1v) is 8.29. The number of hydrogen-bond acceptors (Lipinski definition) is 6. The van der Waals surface area contributed by atoms with Crippen molar-refractivity contribution in [2.75, 3.05) is 6.61 Å². The predicted octanol–water partition coefficient (Wildman–Crippen LogP) is 2.42. The number of hydrogen-bond donors (Lipinski definition) is 1. The van der Waals surface area contributed by atoms with Gasteiger partial charge in [-0.3, -0.25) is 10.1 Å². The maximum Gasteiger partial charge on any atom is 0.326 e. The lowest BCUT2D eigenvalue weighted by atomic mass is 9.95. The fraction of sp³-hybridized carbons (Fsp3) is 0.667. The van der Waals surface area contributed by atoms with Gasteiger partial charge in [0.2, 0.25) is 0 Å². The number of carbonyl (C=O) groups excluding carboxylic acids is 1. The Balaban J connectivity index is 1.98. The largest absolute Gasteiger partial charge is 0.465 e. The molecule has 116 valence electrons. The minimum absolute atomic E-state index is 0.160. The Labute approximate surface area is 130 Å². The Morgan fingerprint density at radius 2 is 2.38 bits per heavy atom. The Morgan fingerprint density at radius 1 is 1.62 bits per heavy atom. The Morgan fingerprint density at radius 3 is 2.95 bits per heavy atom. The molecule has 21 heavy (non-hydrogen) atoms. The summed E-state index contributed by atoms with van der Waals surface area (Å²) in [6, 6.07) is 2.34. The Hall–Kier alpha value is -1.14. The normalized spacial score (nSPS) is 18.8. The quantitative estimate of drug-likeness (QED) is 0.452. The topological polar surface area (TPSA) is 64.1 Å². The number of nitrogens with zero attached hydrogens (tertiary/aromatic N) is 2. The lowest BCUT2D eigenvalue weighted by Crippen LogP contribution is -2.52. The minimum Gasteiger partial charge on any atom is -0.465 e. The predicted molar refractivity (Wildman–Crippen MR) is 83.2 cm³/mol. The second-order valence-corrected chi connectivity index (χ2v) is 7.11. The van der Waals surface area contributed by atoms with Gasteiger partial charge in [0, 0.05) is 17.5 Å². The van der Waals surface area contributed by atoms with Crippen LogP contribution in [-0.4, -0.2) is 39.4 Å². The van der Waals surface area contributed by atoms with E-state index in [2.05, 4.69) is 22.2 Å². The van der Waals surface area contributed by atoms with Crippen molar-refractivity contribution in [3.63, 3.8) is 0 Å². The molecule has 0 spiro atoms. The van der Waals surface area contributed by atoms with E-state index in [-0.39, 0.29) is 11.2 Å². The minimum atomic E-state index is -0.628. The molecule has 1 heterocycles. The first kappa shape index (κ1) is 16.2. The van der Waals surface area contributed by atoms with Crippen molar-refractivity contribution in [3.8, 4) is 0 Å². The molecular weight excluding hydrogens is 286 g/mol. The van der Waals surface area contributed by atoms with Gasteiger partial charge in [-0.25, -0.2) is 9.97 Å². The molecule has 0 bridgehead atoms. The van der Waals surface area contributed by atoms with E-state index in [1.54, 1.807) is 24.3 Å². The molecule has 1 fully saturated rings. The molecule has 0 aliphatic heterocycles. The Bertz CT molecular complexity index is 467. The van der Waals surface area contributed by atoms with Gasteiger partial charge in [0.25, 0.3) is 0 Å². The molecule has 2 rings (SSSR count). The van der Waals surface area contributed by atoms with Crippen LogP contribution < -0.4 is 5.32 Å². The number of aromatic nitrogens is 2. The van der Waals surface area contributed by atoms with E-state index in [1.807, 2.05) is 19.9 Å². The fourth-order valence-electron chi connectivity index (χ4n) is 2.34. The highest BCUT2D eigenvalue weighted by atomic mass is 32.2. The molecule has 2 atom stereocenters. The van der Waals surface area contributed by atoms with Crippen LogP contribution in [0.3, 0.4) is 0 Å². The van der Waals surface area contributed by atoms with Gasteiger partial charge in [0.1, 0.15) is 11.9 Å². The molecule has 0 aromatic carbocycles. The zero-order chi connectivity index (χ0) is 15.3. The summed E-state index contributed by atoms with van der Waals surface area (Å²) >= 11 is 1.65. The first-order valence-electron chi connectivity index (χ1n) is 7.41. The molecular formula is C15H23N3O2S. The van der Waals surface area contributed by atoms with E-state index in [9.17, 15) is 4.79 Å². The summed E-state index contributed by atoms with van der Waals surface area (Å²) in [5.74, 6) is -0.160. The van der Waals surface area contributed by atoms with Gasteiger partial charge in [-0.2, -0.15) is 0 Å². The van der Waals surface area contributed by atoms with Gasteiger partial charge in [-0.15, -0.1) is 11.8 Å². The van der Waals surface area contributed by atoms with Crippen molar-refractivity contribution >= 4 is 17.7 Å². The molecule has 1 aromatic rings. The van der Waals surface area contributed by atoms with Crippen molar-refractivity contribution in [3.05, 3.63) is 18.6 Å². The van der Waals surface area contributed by atoms with Crippen LogP contribution in [0.25, 0.3) is 0 Å². The molecule has 0 saturated heterocycles. The van der Waals surface area contributed by atoms with Crippen LogP contribution in [0.4, 0.5) is 0 Å². The van der Waals surface area contributed by atoms with Gasteiger partial charge >= 0.3 is 5.97 Å². The first-order chi connectivity index (χ1) is 10.0. The highest BCUT2D eigenvalue weighted by molar-refractivity contribution is 7.99. The lowest BCUT2D eigenvalue weighted by Gasteiger charge is -2.31. The SMILES string of the molecule is CCOC(=O)C(C)(CC(C)Sc1ccncn1)NC1CC1. The smallest absolute Gasteiger partial charge is 0.326 e. The molecule has 5 nitrogen and oxygen atoms in total. The average molecular weight is 309 g/mol. The van der Waals surface area contributed by atoms with Crippen LogP contribution in [-0.2, 0) is 9.53 Å². The standard InChI is InChI=1S/C15H23N3O2S/c1-4-20-14(19)15(3,18-12-5-6-12)9-11(2)21-13-7-8-16-10-17-13/h7-8,10-12,18H,4-6,9H2,1-3H3. The molecule has 0 radical (unpaired) electrons. The van der Waals surface area contributed by atoms with Gasteiger partial charge < -0.3 is 4.74 Å². The van der Waals surface area contributed by atoms with Crippen molar-refractivity contribution < 1.29 is 9.53 Å². The molecule has 0 amide bonds. The monoisotopic (exact) mass is 309 g/mol. The summed E-state index contributed by atoms with van der Waals surface area (Å²) in [7, 11) is 0. The number of nitrogens with one attached hydrogen (secondary N) is 1. The van der Waals surface area contributed by atoms with Crippen molar-refractivity contribution in [2.24, 2.45) is 0 Å². The number of esters is 1. The van der Waals surface area contributed by atoms with Crippen LogP contribution in [0.5, 0.6) is 0 Å². The number of rotatable bonds is 8. The van der Waals surface area contributed by atoms with Crippen LogP contribution in [0.15, 0.2) is 23.6 Å². The number of ether oxygens (including phenoxy) is 1. The summed E-state index contributed by atoms with van der Waals surface area (Å²) in [5, 5.41) is 4.62. The van der Waals surface area contributed by atoms with E-state index in [0.717, 1.165) is 17.9 Å². The van der Waals surface area contributed by atoms with Crippen LogP contribution in [0, 0.1) is 0 Å². The third kappa shape index (κ3) is 4.97. The van der Waals surface area contributed by atoms with E-state index >= 15 is 0 Å². The second kappa shape index (κ2) is 7.22. The highest BCUT2D eigenvalue weighted by Crippen LogP contribution is 2.31. The van der Waals surface area contributed by atoms with Gasteiger partial charge in [0.05, 0.1) is 11.6 Å². The third-order valence-corrected chi connectivity index (χ3v) is 4.45. The third-order valence-electron chi connectivity index (χ3n) is 3.40. The average Bonchev–Trinajstić information content (AvgIpc) is 3.23. The van der Waals surface area contributed by atoms with Gasteiger partial charge in [0.15, 0.2) is 0 Å². The zero-order valence-corrected chi connectivity index (χ0v) is 13.7. The van der Waals surface area contributed by atoms with Crippen LogP contribution in [0.2, 0.25) is 0 Å². The van der Waals surface area contributed by atoms with E-state index < -0.39 is 5.54 Å². The Kier molecular flexibility index (Phi) is 5.58. The van der Waals surface area contributed by atoms with Crippen LogP contribution in [0.1, 0.15) is 40.0 Å². The van der Waals surface area contributed by atoms with Crippen molar-refractivity contribution in [1.29, 1.82) is 0 Å². The molecule has 1 aliphatic carbocycles.